The van der Waals surface area contributed by atoms with E-state index in [1.54, 1.807) is 0 Å². The van der Waals surface area contributed by atoms with Gasteiger partial charge in [0.25, 0.3) is 0 Å². The Balaban J connectivity index is 1.92. The Labute approximate surface area is 89.2 Å². The molecule has 0 aromatic heterocycles. The van der Waals surface area contributed by atoms with E-state index >= 15 is 0 Å². The average Bonchev–Trinajstić information content (AvgIpc) is 2.68. The van der Waals surface area contributed by atoms with Crippen molar-refractivity contribution in [2.24, 2.45) is 17.8 Å². The molecule has 3 aliphatic rings. The van der Waals surface area contributed by atoms with Gasteiger partial charge < -0.3 is 4.74 Å². The summed E-state index contributed by atoms with van der Waals surface area (Å²) >= 11 is 0. The fourth-order valence-corrected chi connectivity index (χ4v) is 3.59. The second kappa shape index (κ2) is 3.32. The van der Waals surface area contributed by atoms with Crippen LogP contribution in [0.5, 0.6) is 0 Å². The molecule has 0 unspecified atom stereocenters. The van der Waals surface area contributed by atoms with Crippen LogP contribution in [0.1, 0.15) is 38.5 Å². The molecular formula is C12H16O3. The van der Waals surface area contributed by atoms with Crippen molar-refractivity contribution in [3.05, 3.63) is 0 Å². The maximum absolute atomic E-state index is 11.9. The lowest BCUT2D eigenvalue weighted by atomic mass is 9.77. The number of carbonyl (C=O) groups excluding carboxylic acids is 2. The van der Waals surface area contributed by atoms with Crippen molar-refractivity contribution in [3.8, 4) is 0 Å². The monoisotopic (exact) mass is 208 g/mol. The molecule has 2 aliphatic carbocycles. The van der Waals surface area contributed by atoms with Crippen molar-refractivity contribution in [1.29, 1.82) is 0 Å². The minimum absolute atomic E-state index is 0.0340. The predicted molar refractivity (Wildman–Crippen MR) is 53.1 cm³/mol. The number of rotatable bonds is 0. The second-order valence-electron chi connectivity index (χ2n) is 5.06. The predicted octanol–water partition coefficient (Wildman–Crippen LogP) is 1.70. The fourth-order valence-electron chi connectivity index (χ4n) is 3.59. The average molecular weight is 208 g/mol. The van der Waals surface area contributed by atoms with Gasteiger partial charge in [-0.05, 0) is 25.7 Å². The normalized spacial score (nSPS) is 44.5. The standard InChI is InChI=1S/C12H16O3/c13-9-4-2-1-3-8-11-7(9)5-6-10(11)15-12(8)14/h7-8,10-11H,1-6H2/t7-,8+,10-,11-/m1/s1. The Kier molecular flexibility index (Phi) is 2.08. The molecule has 0 aromatic rings. The summed E-state index contributed by atoms with van der Waals surface area (Å²) in [6, 6.07) is 0. The first-order valence-electron chi connectivity index (χ1n) is 6.00. The van der Waals surface area contributed by atoms with Crippen LogP contribution in [0.15, 0.2) is 0 Å². The number of ether oxygens (including phenoxy) is 1. The summed E-state index contributed by atoms with van der Waals surface area (Å²) in [6.45, 7) is 0. The molecular weight excluding hydrogens is 192 g/mol. The fraction of sp³-hybridized carbons (Fsp3) is 0.833. The van der Waals surface area contributed by atoms with Crippen LogP contribution >= 0.6 is 0 Å². The smallest absolute Gasteiger partial charge is 0.309 e. The molecule has 0 spiro atoms. The van der Waals surface area contributed by atoms with Gasteiger partial charge in [-0.25, -0.2) is 0 Å². The highest BCUT2D eigenvalue weighted by Gasteiger charge is 2.53. The number of hydrogen-bond donors (Lipinski definition) is 0. The maximum atomic E-state index is 11.9. The maximum Gasteiger partial charge on any atom is 0.309 e. The SMILES string of the molecule is O=C1CCCC[C@@H]2C(=O)O[C@@H]3CC[C@H]1[C@H]23. The van der Waals surface area contributed by atoms with E-state index in [1.807, 2.05) is 0 Å². The van der Waals surface area contributed by atoms with Crippen LogP contribution in [-0.2, 0) is 14.3 Å². The van der Waals surface area contributed by atoms with E-state index in [2.05, 4.69) is 0 Å². The van der Waals surface area contributed by atoms with E-state index in [0.29, 0.717) is 5.78 Å². The quantitative estimate of drug-likeness (QED) is 0.569. The van der Waals surface area contributed by atoms with Crippen LogP contribution in [-0.4, -0.2) is 17.9 Å². The Morgan fingerprint density at radius 2 is 1.87 bits per heavy atom. The molecule has 3 fully saturated rings. The van der Waals surface area contributed by atoms with Gasteiger partial charge in [0.05, 0.1) is 5.92 Å². The number of hydrogen-bond acceptors (Lipinski definition) is 3. The minimum Gasteiger partial charge on any atom is -0.462 e. The van der Waals surface area contributed by atoms with E-state index in [1.165, 1.54) is 0 Å². The third-order valence-electron chi connectivity index (χ3n) is 4.29. The topological polar surface area (TPSA) is 43.4 Å². The molecule has 3 nitrogen and oxygen atoms in total. The zero-order valence-corrected chi connectivity index (χ0v) is 8.78. The molecule has 4 atom stereocenters. The van der Waals surface area contributed by atoms with Gasteiger partial charge in [-0.15, -0.1) is 0 Å². The minimum atomic E-state index is -0.0376. The van der Waals surface area contributed by atoms with E-state index in [-0.39, 0.29) is 29.8 Å². The molecule has 1 heterocycles. The Morgan fingerprint density at radius 3 is 2.73 bits per heavy atom. The van der Waals surface area contributed by atoms with E-state index in [0.717, 1.165) is 38.5 Å². The first-order valence-corrected chi connectivity index (χ1v) is 6.00. The highest BCUT2D eigenvalue weighted by atomic mass is 16.6. The highest BCUT2D eigenvalue weighted by Crippen LogP contribution is 2.48. The summed E-state index contributed by atoms with van der Waals surface area (Å²) in [5, 5.41) is 0. The van der Waals surface area contributed by atoms with Gasteiger partial charge >= 0.3 is 5.97 Å². The molecule has 0 radical (unpaired) electrons. The summed E-state index contributed by atoms with van der Waals surface area (Å²) in [5.41, 5.74) is 0. The lowest BCUT2D eigenvalue weighted by Gasteiger charge is -2.23. The molecule has 0 aromatic carbocycles. The van der Waals surface area contributed by atoms with E-state index in [4.69, 9.17) is 4.74 Å². The number of ketones is 1. The Hall–Kier alpha value is -0.860. The van der Waals surface area contributed by atoms with Crippen LogP contribution in [0, 0.1) is 17.8 Å². The van der Waals surface area contributed by atoms with Crippen LogP contribution in [0.4, 0.5) is 0 Å². The van der Waals surface area contributed by atoms with Gasteiger partial charge in [0.2, 0.25) is 0 Å². The molecule has 0 amide bonds. The van der Waals surface area contributed by atoms with Crippen molar-refractivity contribution >= 4 is 11.8 Å². The molecule has 3 rings (SSSR count). The number of esters is 1. The van der Waals surface area contributed by atoms with Crippen LogP contribution < -0.4 is 0 Å². The van der Waals surface area contributed by atoms with Crippen LogP contribution in [0.2, 0.25) is 0 Å². The molecule has 1 aliphatic heterocycles. The molecule has 1 saturated heterocycles. The van der Waals surface area contributed by atoms with Gasteiger partial charge in [0.15, 0.2) is 0 Å². The first kappa shape index (κ1) is 9.37. The molecule has 3 heteroatoms. The lowest BCUT2D eigenvalue weighted by Crippen LogP contribution is -2.29. The van der Waals surface area contributed by atoms with Crippen molar-refractivity contribution < 1.29 is 14.3 Å². The third-order valence-corrected chi connectivity index (χ3v) is 4.29. The highest BCUT2D eigenvalue weighted by molar-refractivity contribution is 5.84. The Morgan fingerprint density at radius 1 is 1.00 bits per heavy atom. The summed E-state index contributed by atoms with van der Waals surface area (Å²) in [5.74, 6) is 0.735. The van der Waals surface area contributed by atoms with Crippen LogP contribution in [0.3, 0.4) is 0 Å². The van der Waals surface area contributed by atoms with Crippen molar-refractivity contribution in [2.75, 3.05) is 0 Å². The third kappa shape index (κ3) is 1.32. The lowest BCUT2D eigenvalue weighted by molar-refractivity contribution is -0.144. The first-order chi connectivity index (χ1) is 7.27. The molecule has 0 N–H and O–H groups in total. The number of Topliss-reactive ketones (excluding diaryl/α,β-unsaturated/α-hetero) is 1. The summed E-state index contributed by atoms with van der Waals surface area (Å²) < 4.78 is 5.37. The van der Waals surface area contributed by atoms with Gasteiger partial charge in [-0.2, -0.15) is 0 Å². The van der Waals surface area contributed by atoms with Gasteiger partial charge in [-0.3, -0.25) is 9.59 Å². The van der Waals surface area contributed by atoms with Crippen molar-refractivity contribution in [3.63, 3.8) is 0 Å². The van der Waals surface area contributed by atoms with Gasteiger partial charge in [0.1, 0.15) is 11.9 Å². The number of carbonyl (C=O) groups is 2. The summed E-state index contributed by atoms with van der Waals surface area (Å²) in [7, 11) is 0. The zero-order chi connectivity index (χ0) is 10.4. The second-order valence-corrected chi connectivity index (χ2v) is 5.06. The largest absolute Gasteiger partial charge is 0.462 e. The Bertz CT molecular complexity index is 308. The molecule has 15 heavy (non-hydrogen) atoms. The molecule has 82 valence electrons. The zero-order valence-electron chi connectivity index (χ0n) is 8.78. The summed E-state index contributed by atoms with van der Waals surface area (Å²) in [6.07, 6.45) is 5.52. The van der Waals surface area contributed by atoms with Crippen molar-refractivity contribution in [1.82, 2.24) is 0 Å². The summed E-state index contributed by atoms with van der Waals surface area (Å²) in [4.78, 5) is 23.5. The van der Waals surface area contributed by atoms with E-state index < -0.39 is 0 Å². The molecule has 2 saturated carbocycles. The molecule has 0 bridgehead atoms. The van der Waals surface area contributed by atoms with Crippen molar-refractivity contribution in [2.45, 2.75) is 44.6 Å². The van der Waals surface area contributed by atoms with Gasteiger partial charge in [0, 0.05) is 18.3 Å². The van der Waals surface area contributed by atoms with Crippen LogP contribution in [0.25, 0.3) is 0 Å². The van der Waals surface area contributed by atoms with Gasteiger partial charge in [-0.1, -0.05) is 6.42 Å². The van der Waals surface area contributed by atoms with E-state index in [9.17, 15) is 9.59 Å².